The Kier molecular flexibility index (Phi) is 3.41. The van der Waals surface area contributed by atoms with Crippen molar-refractivity contribution >= 4 is 37.2 Å². The van der Waals surface area contributed by atoms with Crippen molar-refractivity contribution in [1.29, 1.82) is 0 Å². The maximum Gasteiger partial charge on any atom is 0.336 e. The zero-order chi connectivity index (χ0) is 13.3. The Labute approximate surface area is 109 Å². The fraction of sp³-hybridized carbons (Fsp3) is 0.250. The third-order valence-corrected chi connectivity index (χ3v) is 5.56. The minimum absolute atomic E-state index is 0.0259. The highest BCUT2D eigenvalue weighted by Gasteiger charge is 2.15. The molecular formula is C12H12O4S2. The first-order valence-corrected chi connectivity index (χ1v) is 8.02. The van der Waals surface area contributed by atoms with Crippen LogP contribution in [-0.2, 0) is 15.6 Å². The van der Waals surface area contributed by atoms with Crippen LogP contribution < -0.4 is 0 Å². The van der Waals surface area contributed by atoms with E-state index in [1.54, 1.807) is 25.1 Å². The topological polar surface area (TPSA) is 71.4 Å². The first-order valence-electron chi connectivity index (χ1n) is 5.38. The molecule has 0 amide bonds. The van der Waals surface area contributed by atoms with Gasteiger partial charge in [-0.15, -0.1) is 11.3 Å². The fourth-order valence-corrected chi connectivity index (χ4v) is 4.07. The number of aromatic carboxylic acids is 1. The molecule has 0 aliphatic heterocycles. The Morgan fingerprint density at radius 1 is 1.39 bits per heavy atom. The predicted octanol–water partition coefficient (Wildman–Crippen LogP) is 2.53. The van der Waals surface area contributed by atoms with Crippen molar-refractivity contribution in [3.63, 3.8) is 0 Å². The third-order valence-electron chi connectivity index (χ3n) is 2.64. The standard InChI is InChI=1S/C12H12O4S2/c1-2-18(15,16)7-8-6-10-9(12(13)14)4-3-5-11(10)17-8/h3-6H,2,7H2,1H3,(H,13,14). The predicted molar refractivity (Wildman–Crippen MR) is 71.9 cm³/mol. The van der Waals surface area contributed by atoms with Crippen molar-refractivity contribution in [3.05, 3.63) is 34.7 Å². The molecule has 0 aliphatic carbocycles. The summed E-state index contributed by atoms with van der Waals surface area (Å²) in [6, 6.07) is 6.65. The van der Waals surface area contributed by atoms with E-state index in [1.165, 1.54) is 17.4 Å². The Bertz CT molecular complexity index is 698. The molecule has 0 bridgehead atoms. The van der Waals surface area contributed by atoms with E-state index in [2.05, 4.69) is 0 Å². The van der Waals surface area contributed by atoms with Gasteiger partial charge in [-0.25, -0.2) is 13.2 Å². The number of carboxylic acid groups (broad SMARTS) is 1. The molecule has 96 valence electrons. The second kappa shape index (κ2) is 4.70. The molecule has 1 aromatic heterocycles. The number of hydrogen-bond acceptors (Lipinski definition) is 4. The van der Waals surface area contributed by atoms with Crippen LogP contribution in [0, 0.1) is 0 Å². The van der Waals surface area contributed by atoms with Crippen molar-refractivity contribution in [1.82, 2.24) is 0 Å². The van der Waals surface area contributed by atoms with Gasteiger partial charge in [-0.2, -0.15) is 0 Å². The monoisotopic (exact) mass is 284 g/mol. The summed E-state index contributed by atoms with van der Waals surface area (Å²) in [6.07, 6.45) is 0. The summed E-state index contributed by atoms with van der Waals surface area (Å²) in [4.78, 5) is 11.7. The van der Waals surface area contributed by atoms with Crippen LogP contribution in [0.5, 0.6) is 0 Å². The summed E-state index contributed by atoms with van der Waals surface area (Å²) < 4.78 is 23.9. The fourth-order valence-electron chi connectivity index (χ4n) is 1.69. The summed E-state index contributed by atoms with van der Waals surface area (Å²) in [6.45, 7) is 1.60. The van der Waals surface area contributed by atoms with E-state index in [9.17, 15) is 13.2 Å². The summed E-state index contributed by atoms with van der Waals surface area (Å²) in [5.74, 6) is -0.933. The van der Waals surface area contributed by atoms with E-state index >= 15 is 0 Å². The Balaban J connectivity index is 2.51. The molecular weight excluding hydrogens is 272 g/mol. The van der Waals surface area contributed by atoms with Crippen LogP contribution in [-0.4, -0.2) is 25.2 Å². The van der Waals surface area contributed by atoms with Gasteiger partial charge in [-0.05, 0) is 18.2 Å². The van der Waals surface area contributed by atoms with E-state index in [-0.39, 0.29) is 17.1 Å². The molecule has 0 fully saturated rings. The first-order chi connectivity index (χ1) is 8.43. The number of carboxylic acids is 1. The van der Waals surface area contributed by atoms with Gasteiger partial charge in [0.1, 0.15) is 0 Å². The minimum atomic E-state index is -3.09. The quantitative estimate of drug-likeness (QED) is 0.936. The normalized spacial score (nSPS) is 11.8. The van der Waals surface area contributed by atoms with Crippen molar-refractivity contribution in [2.24, 2.45) is 0 Å². The molecule has 0 saturated carbocycles. The Morgan fingerprint density at radius 2 is 2.11 bits per heavy atom. The molecule has 1 N–H and O–H groups in total. The molecule has 0 unspecified atom stereocenters. The molecule has 6 heteroatoms. The lowest BCUT2D eigenvalue weighted by Gasteiger charge is -1.96. The molecule has 18 heavy (non-hydrogen) atoms. The number of benzene rings is 1. The molecule has 1 heterocycles. The van der Waals surface area contributed by atoms with E-state index in [1.807, 2.05) is 0 Å². The van der Waals surface area contributed by atoms with Gasteiger partial charge >= 0.3 is 5.97 Å². The van der Waals surface area contributed by atoms with Gasteiger partial charge < -0.3 is 5.11 Å². The SMILES string of the molecule is CCS(=O)(=O)Cc1cc2c(C(=O)O)cccc2s1. The lowest BCUT2D eigenvalue weighted by molar-refractivity contribution is 0.0699. The second-order valence-electron chi connectivity index (χ2n) is 3.91. The molecule has 4 nitrogen and oxygen atoms in total. The largest absolute Gasteiger partial charge is 0.478 e. The third kappa shape index (κ3) is 2.54. The number of hydrogen-bond donors (Lipinski definition) is 1. The number of sulfone groups is 1. The number of thiophene rings is 1. The highest BCUT2D eigenvalue weighted by Crippen LogP contribution is 2.29. The van der Waals surface area contributed by atoms with Crippen molar-refractivity contribution in [3.8, 4) is 0 Å². The molecule has 0 spiro atoms. The molecule has 1 aromatic carbocycles. The second-order valence-corrected chi connectivity index (χ2v) is 7.43. The zero-order valence-corrected chi connectivity index (χ0v) is 11.3. The Morgan fingerprint density at radius 3 is 2.72 bits per heavy atom. The van der Waals surface area contributed by atoms with Gasteiger partial charge in [0.15, 0.2) is 9.84 Å². The van der Waals surface area contributed by atoms with Gasteiger partial charge in [0.2, 0.25) is 0 Å². The van der Waals surface area contributed by atoms with E-state index in [0.29, 0.717) is 10.3 Å². The van der Waals surface area contributed by atoms with Crippen LogP contribution >= 0.6 is 11.3 Å². The lowest BCUT2D eigenvalue weighted by Crippen LogP contribution is -2.05. The van der Waals surface area contributed by atoms with Crippen LogP contribution in [0.4, 0.5) is 0 Å². The molecule has 2 aromatic rings. The van der Waals surface area contributed by atoms with Gasteiger partial charge in [-0.1, -0.05) is 13.0 Å². The molecule has 0 saturated heterocycles. The average molecular weight is 284 g/mol. The van der Waals surface area contributed by atoms with Gasteiger partial charge in [0.25, 0.3) is 0 Å². The van der Waals surface area contributed by atoms with E-state index in [0.717, 1.165) is 4.70 Å². The summed E-state index contributed by atoms with van der Waals surface area (Å²) in [5.41, 5.74) is 0.212. The minimum Gasteiger partial charge on any atom is -0.478 e. The van der Waals surface area contributed by atoms with Gasteiger partial charge in [0, 0.05) is 20.7 Å². The van der Waals surface area contributed by atoms with Crippen molar-refractivity contribution in [2.45, 2.75) is 12.7 Å². The van der Waals surface area contributed by atoms with Crippen LogP contribution in [0.25, 0.3) is 10.1 Å². The summed E-state index contributed by atoms with van der Waals surface area (Å²) >= 11 is 1.33. The van der Waals surface area contributed by atoms with E-state index < -0.39 is 15.8 Å². The summed E-state index contributed by atoms with van der Waals surface area (Å²) in [7, 11) is -3.09. The number of rotatable bonds is 4. The van der Waals surface area contributed by atoms with Crippen LogP contribution in [0.15, 0.2) is 24.3 Å². The lowest BCUT2D eigenvalue weighted by atomic mass is 10.1. The summed E-state index contributed by atoms with van der Waals surface area (Å²) in [5, 5.41) is 9.66. The van der Waals surface area contributed by atoms with Gasteiger partial charge in [-0.3, -0.25) is 0 Å². The molecule has 0 atom stereocenters. The smallest absolute Gasteiger partial charge is 0.336 e. The maximum atomic E-state index is 11.6. The van der Waals surface area contributed by atoms with Crippen molar-refractivity contribution < 1.29 is 18.3 Å². The molecule has 0 radical (unpaired) electrons. The van der Waals surface area contributed by atoms with Crippen molar-refractivity contribution in [2.75, 3.05) is 5.75 Å². The van der Waals surface area contributed by atoms with Crippen LogP contribution in [0.2, 0.25) is 0 Å². The first kappa shape index (κ1) is 13.0. The van der Waals surface area contributed by atoms with E-state index in [4.69, 9.17) is 5.11 Å². The Hall–Kier alpha value is -1.40. The maximum absolute atomic E-state index is 11.6. The van der Waals surface area contributed by atoms with Crippen LogP contribution in [0.3, 0.4) is 0 Å². The van der Waals surface area contributed by atoms with Crippen LogP contribution in [0.1, 0.15) is 22.2 Å². The average Bonchev–Trinajstić information content (AvgIpc) is 2.69. The highest BCUT2D eigenvalue weighted by atomic mass is 32.2. The number of carbonyl (C=O) groups is 1. The zero-order valence-electron chi connectivity index (χ0n) is 9.71. The molecule has 0 aliphatic rings. The van der Waals surface area contributed by atoms with Gasteiger partial charge in [0.05, 0.1) is 11.3 Å². The number of fused-ring (bicyclic) bond motifs is 1. The molecule has 2 rings (SSSR count). The highest BCUT2D eigenvalue weighted by molar-refractivity contribution is 7.90.